The van der Waals surface area contributed by atoms with E-state index < -0.39 is 0 Å². The van der Waals surface area contributed by atoms with Gasteiger partial charge >= 0.3 is 0 Å². The Kier molecular flexibility index (Phi) is 7.70. The van der Waals surface area contributed by atoms with Crippen LogP contribution in [-0.4, -0.2) is 60.7 Å². The molecule has 0 aliphatic rings. The third kappa shape index (κ3) is 6.09. The molecule has 1 rings (SSSR count). The van der Waals surface area contributed by atoms with Crippen molar-refractivity contribution in [1.29, 1.82) is 0 Å². The van der Waals surface area contributed by atoms with Crippen molar-refractivity contribution in [2.45, 2.75) is 26.4 Å². The second-order valence-corrected chi connectivity index (χ2v) is 4.81. The van der Waals surface area contributed by atoms with Gasteiger partial charge in [0.2, 0.25) is 0 Å². The summed E-state index contributed by atoms with van der Waals surface area (Å²) in [5, 5.41) is 14.6. The van der Waals surface area contributed by atoms with E-state index in [-0.39, 0.29) is 6.04 Å². The van der Waals surface area contributed by atoms with Crippen LogP contribution in [0.5, 0.6) is 0 Å². The summed E-state index contributed by atoms with van der Waals surface area (Å²) in [5.74, 6) is 2.40. The molecule has 1 unspecified atom stereocenters. The minimum absolute atomic E-state index is 0.157. The van der Waals surface area contributed by atoms with Crippen LogP contribution >= 0.6 is 0 Å². The summed E-state index contributed by atoms with van der Waals surface area (Å²) in [6.45, 7) is 6.30. The molecule has 0 saturated heterocycles. The third-order valence-corrected chi connectivity index (χ3v) is 2.96. The number of hydrogen-bond acceptors (Lipinski definition) is 5. The van der Waals surface area contributed by atoms with Gasteiger partial charge in [-0.2, -0.15) is 0 Å². The first-order valence-electron chi connectivity index (χ1n) is 6.96. The van der Waals surface area contributed by atoms with Gasteiger partial charge in [0, 0.05) is 33.9 Å². The molecule has 8 heteroatoms. The summed E-state index contributed by atoms with van der Waals surface area (Å²) in [6, 6.07) is 0.157. The zero-order valence-electron chi connectivity index (χ0n) is 13.5. The Morgan fingerprint density at radius 1 is 1.33 bits per heavy atom. The Labute approximate surface area is 125 Å². The summed E-state index contributed by atoms with van der Waals surface area (Å²) in [7, 11) is 5.27. The lowest BCUT2D eigenvalue weighted by atomic mass is 10.4. The molecule has 2 N–H and O–H groups in total. The van der Waals surface area contributed by atoms with Gasteiger partial charge in [-0.3, -0.25) is 0 Å². The predicted octanol–water partition coefficient (Wildman–Crippen LogP) is -0.160. The van der Waals surface area contributed by atoms with Gasteiger partial charge in [-0.1, -0.05) is 0 Å². The average Bonchev–Trinajstić information content (AvgIpc) is 2.76. The number of aryl methyl sites for hydroxylation is 1. The Balaban J connectivity index is 2.64. The highest BCUT2D eigenvalue weighted by molar-refractivity contribution is 5.80. The molecule has 0 spiro atoms. The van der Waals surface area contributed by atoms with E-state index in [1.165, 1.54) is 0 Å². The molecule has 0 saturated carbocycles. The summed E-state index contributed by atoms with van der Waals surface area (Å²) < 4.78 is 12.1. The van der Waals surface area contributed by atoms with Crippen LogP contribution in [0.1, 0.15) is 18.6 Å². The van der Waals surface area contributed by atoms with Crippen LogP contribution < -0.4 is 10.6 Å². The normalized spacial score (nSPS) is 13.3. The van der Waals surface area contributed by atoms with Crippen LogP contribution in [0.15, 0.2) is 4.99 Å². The largest absolute Gasteiger partial charge is 0.383 e. The molecule has 0 fully saturated rings. The number of methoxy groups -OCH3 is 2. The van der Waals surface area contributed by atoms with Gasteiger partial charge in [0.25, 0.3) is 0 Å². The highest BCUT2D eigenvalue weighted by Gasteiger charge is 2.07. The van der Waals surface area contributed by atoms with E-state index in [0.29, 0.717) is 32.3 Å². The molecule has 0 aliphatic carbocycles. The fraction of sp³-hybridized carbons (Fsp3) is 0.769. The Morgan fingerprint density at radius 3 is 2.67 bits per heavy atom. The highest BCUT2D eigenvalue weighted by atomic mass is 16.5. The first-order valence-corrected chi connectivity index (χ1v) is 6.96. The molecule has 0 aromatic carbocycles. The van der Waals surface area contributed by atoms with Gasteiger partial charge in [-0.15, -0.1) is 10.2 Å². The lowest BCUT2D eigenvalue weighted by molar-refractivity contribution is 0.178. The maximum Gasteiger partial charge on any atom is 0.192 e. The summed E-state index contributed by atoms with van der Waals surface area (Å²) in [5.41, 5.74) is 0. The molecule has 8 nitrogen and oxygen atoms in total. The molecule has 21 heavy (non-hydrogen) atoms. The van der Waals surface area contributed by atoms with Gasteiger partial charge in [0.15, 0.2) is 11.8 Å². The molecule has 120 valence electrons. The minimum atomic E-state index is 0.157. The number of guanidine groups is 1. The zero-order chi connectivity index (χ0) is 15.7. The van der Waals surface area contributed by atoms with Crippen molar-refractivity contribution in [3.05, 3.63) is 11.6 Å². The molecular formula is C13H26N6O2. The number of aromatic nitrogens is 3. The van der Waals surface area contributed by atoms with Crippen molar-refractivity contribution < 1.29 is 9.47 Å². The first-order chi connectivity index (χ1) is 10.1. The van der Waals surface area contributed by atoms with Crippen LogP contribution in [0, 0.1) is 6.92 Å². The fourth-order valence-electron chi connectivity index (χ4n) is 1.69. The number of nitrogens with one attached hydrogen (secondary N) is 2. The summed E-state index contributed by atoms with van der Waals surface area (Å²) in [4.78, 5) is 4.52. The molecular weight excluding hydrogens is 272 g/mol. The molecule has 0 bridgehead atoms. The second kappa shape index (κ2) is 9.30. The van der Waals surface area contributed by atoms with E-state index in [0.717, 1.165) is 11.6 Å². The van der Waals surface area contributed by atoms with E-state index in [1.807, 2.05) is 25.5 Å². The van der Waals surface area contributed by atoms with Crippen LogP contribution in [0.3, 0.4) is 0 Å². The Bertz CT molecular complexity index is 446. The lowest BCUT2D eigenvalue weighted by Gasteiger charge is -2.17. The van der Waals surface area contributed by atoms with Crippen molar-refractivity contribution in [2.75, 3.05) is 34.0 Å². The molecule has 1 heterocycles. The van der Waals surface area contributed by atoms with Crippen molar-refractivity contribution in [3.63, 3.8) is 0 Å². The standard InChI is InChI=1S/C13H26N6O2/c1-10(9-21-5)16-13(14-6-7-20-4)15-8-12-18-17-11(2)19(12)3/h10H,6-9H2,1-5H3,(H2,14,15,16). The number of ether oxygens (including phenoxy) is 2. The van der Waals surface area contributed by atoms with E-state index in [2.05, 4.69) is 25.8 Å². The summed E-state index contributed by atoms with van der Waals surface area (Å²) >= 11 is 0. The number of nitrogens with zero attached hydrogens (tertiary/aromatic N) is 4. The van der Waals surface area contributed by atoms with E-state index in [1.54, 1.807) is 14.2 Å². The van der Waals surface area contributed by atoms with Gasteiger partial charge in [-0.25, -0.2) is 4.99 Å². The average molecular weight is 298 g/mol. The number of hydrogen-bond donors (Lipinski definition) is 2. The van der Waals surface area contributed by atoms with Gasteiger partial charge in [0.1, 0.15) is 12.4 Å². The van der Waals surface area contributed by atoms with Gasteiger partial charge < -0.3 is 24.7 Å². The monoisotopic (exact) mass is 298 g/mol. The van der Waals surface area contributed by atoms with Crippen LogP contribution in [0.25, 0.3) is 0 Å². The smallest absolute Gasteiger partial charge is 0.192 e. The molecule has 1 aromatic heterocycles. The number of aliphatic imine (C=N–C) groups is 1. The van der Waals surface area contributed by atoms with Crippen molar-refractivity contribution in [1.82, 2.24) is 25.4 Å². The molecule has 1 aromatic rings. The third-order valence-electron chi connectivity index (χ3n) is 2.96. The van der Waals surface area contributed by atoms with Crippen molar-refractivity contribution in [3.8, 4) is 0 Å². The molecule has 1 atom stereocenters. The molecule has 0 radical (unpaired) electrons. The fourth-order valence-corrected chi connectivity index (χ4v) is 1.69. The second-order valence-electron chi connectivity index (χ2n) is 4.81. The van der Waals surface area contributed by atoms with Crippen molar-refractivity contribution in [2.24, 2.45) is 12.0 Å². The Hall–Kier alpha value is -1.67. The van der Waals surface area contributed by atoms with E-state index >= 15 is 0 Å². The first kappa shape index (κ1) is 17.4. The predicted molar refractivity (Wildman–Crippen MR) is 81.2 cm³/mol. The quantitative estimate of drug-likeness (QED) is 0.394. The van der Waals surface area contributed by atoms with Crippen LogP contribution in [-0.2, 0) is 23.1 Å². The van der Waals surface area contributed by atoms with Gasteiger partial charge in [-0.05, 0) is 13.8 Å². The van der Waals surface area contributed by atoms with Crippen LogP contribution in [0.2, 0.25) is 0 Å². The maximum atomic E-state index is 5.12. The molecule has 0 aliphatic heterocycles. The lowest BCUT2D eigenvalue weighted by Crippen LogP contribution is -2.45. The Morgan fingerprint density at radius 2 is 2.10 bits per heavy atom. The zero-order valence-corrected chi connectivity index (χ0v) is 13.5. The summed E-state index contributed by atoms with van der Waals surface area (Å²) in [6.07, 6.45) is 0. The maximum absolute atomic E-state index is 5.12. The SMILES string of the molecule is COCCNC(=NCc1nnc(C)n1C)NC(C)COC. The van der Waals surface area contributed by atoms with E-state index in [9.17, 15) is 0 Å². The van der Waals surface area contributed by atoms with Crippen LogP contribution in [0.4, 0.5) is 0 Å². The van der Waals surface area contributed by atoms with Gasteiger partial charge in [0.05, 0.1) is 13.2 Å². The topological polar surface area (TPSA) is 85.6 Å². The minimum Gasteiger partial charge on any atom is -0.383 e. The van der Waals surface area contributed by atoms with Crippen molar-refractivity contribution >= 4 is 5.96 Å². The molecule has 0 amide bonds. The number of rotatable bonds is 8. The highest BCUT2D eigenvalue weighted by Crippen LogP contribution is 1.99. The van der Waals surface area contributed by atoms with E-state index in [4.69, 9.17) is 9.47 Å².